The number of thiophene rings is 1. The average molecular weight is 414 g/mol. The normalized spacial score (nSPS) is 16.6. The highest BCUT2D eigenvalue weighted by atomic mass is 32.1. The Hall–Kier alpha value is -3.44. The van der Waals surface area contributed by atoms with Gasteiger partial charge in [0, 0.05) is 12.1 Å². The monoisotopic (exact) mass is 414 g/mol. The number of aliphatic hydroxyl groups excluding tert-OH is 1. The van der Waals surface area contributed by atoms with E-state index in [2.05, 4.69) is 10.2 Å². The van der Waals surface area contributed by atoms with Crippen LogP contribution in [0, 0.1) is 10.1 Å². The molecule has 0 saturated heterocycles. The summed E-state index contributed by atoms with van der Waals surface area (Å²) in [5.74, 6) is -2.04. The van der Waals surface area contributed by atoms with Gasteiger partial charge in [0.1, 0.15) is 5.51 Å². The molecule has 1 amide bonds. The highest BCUT2D eigenvalue weighted by Crippen LogP contribution is 2.43. The lowest BCUT2D eigenvalue weighted by Crippen LogP contribution is -2.31. The third kappa shape index (κ3) is 2.86. The number of carbonyl (C=O) groups excluding carboxylic acids is 2. The molecule has 1 aliphatic rings. The molecule has 0 aliphatic carbocycles. The van der Waals surface area contributed by atoms with Gasteiger partial charge in [0.25, 0.3) is 11.6 Å². The Labute approximate surface area is 165 Å². The summed E-state index contributed by atoms with van der Waals surface area (Å²) in [6.07, 6.45) is 0. The zero-order valence-electron chi connectivity index (χ0n) is 13.9. The van der Waals surface area contributed by atoms with Crippen molar-refractivity contribution in [3.63, 3.8) is 0 Å². The first kappa shape index (κ1) is 17.9. The number of hydrogen-bond donors (Lipinski definition) is 1. The molecular weight excluding hydrogens is 404 g/mol. The molecule has 28 heavy (non-hydrogen) atoms. The SMILES string of the molecule is O=C(C1=C(O)C(=O)N(c2nncs2)[C@@H]1c1cccc([N+](=O)[O-])c1)c1cccs1. The summed E-state index contributed by atoms with van der Waals surface area (Å²) in [5.41, 5.74) is 1.37. The van der Waals surface area contributed by atoms with E-state index in [1.807, 2.05) is 0 Å². The number of aromatic nitrogens is 2. The zero-order valence-corrected chi connectivity index (χ0v) is 15.5. The predicted molar refractivity (Wildman–Crippen MR) is 102 cm³/mol. The van der Waals surface area contributed by atoms with Crippen molar-refractivity contribution in [2.45, 2.75) is 6.04 Å². The molecule has 0 bridgehead atoms. The zero-order chi connectivity index (χ0) is 19.8. The van der Waals surface area contributed by atoms with Crippen molar-refractivity contribution >= 4 is 45.2 Å². The van der Waals surface area contributed by atoms with Crippen molar-refractivity contribution in [3.05, 3.63) is 79.2 Å². The van der Waals surface area contributed by atoms with Crippen LogP contribution in [-0.2, 0) is 4.79 Å². The van der Waals surface area contributed by atoms with Crippen LogP contribution in [0.2, 0.25) is 0 Å². The lowest BCUT2D eigenvalue weighted by atomic mass is 9.95. The smallest absolute Gasteiger partial charge is 0.296 e. The molecule has 1 N–H and O–H groups in total. The molecular formula is C17H10N4O5S2. The maximum Gasteiger partial charge on any atom is 0.296 e. The molecule has 11 heteroatoms. The van der Waals surface area contributed by atoms with Crippen LogP contribution in [0.1, 0.15) is 21.3 Å². The summed E-state index contributed by atoms with van der Waals surface area (Å²) in [5, 5.41) is 31.1. The number of hydrogen-bond acceptors (Lipinski definition) is 9. The van der Waals surface area contributed by atoms with Crippen molar-refractivity contribution in [2.75, 3.05) is 4.90 Å². The summed E-state index contributed by atoms with van der Waals surface area (Å²) in [6, 6.07) is 7.78. The minimum atomic E-state index is -1.06. The van der Waals surface area contributed by atoms with Crippen molar-refractivity contribution in [1.29, 1.82) is 0 Å². The second-order valence-corrected chi connectivity index (χ2v) is 7.48. The van der Waals surface area contributed by atoms with Gasteiger partial charge in [-0.15, -0.1) is 21.5 Å². The Morgan fingerprint density at radius 1 is 1.25 bits per heavy atom. The maximum atomic E-state index is 13.0. The van der Waals surface area contributed by atoms with Gasteiger partial charge in [-0.05, 0) is 17.0 Å². The number of nitrogens with zero attached hydrogens (tertiary/aromatic N) is 4. The molecule has 1 aliphatic heterocycles. The van der Waals surface area contributed by atoms with Gasteiger partial charge in [0.2, 0.25) is 10.9 Å². The first-order chi connectivity index (χ1) is 13.5. The predicted octanol–water partition coefficient (Wildman–Crippen LogP) is 3.29. The second kappa shape index (κ2) is 6.94. The van der Waals surface area contributed by atoms with E-state index in [9.17, 15) is 24.8 Å². The van der Waals surface area contributed by atoms with Crippen molar-refractivity contribution in [2.24, 2.45) is 0 Å². The van der Waals surface area contributed by atoms with Crippen LogP contribution in [-0.4, -0.2) is 31.9 Å². The Morgan fingerprint density at radius 3 is 2.71 bits per heavy atom. The summed E-state index contributed by atoms with van der Waals surface area (Å²) in [6.45, 7) is 0. The average Bonchev–Trinajstić information content (AvgIpc) is 3.43. The molecule has 3 aromatic rings. The minimum Gasteiger partial charge on any atom is -0.503 e. The van der Waals surface area contributed by atoms with Gasteiger partial charge in [-0.2, -0.15) is 0 Å². The van der Waals surface area contributed by atoms with Crippen LogP contribution >= 0.6 is 22.7 Å². The van der Waals surface area contributed by atoms with Gasteiger partial charge in [-0.1, -0.05) is 29.5 Å². The van der Waals surface area contributed by atoms with E-state index in [4.69, 9.17) is 0 Å². The van der Waals surface area contributed by atoms with Crippen LogP contribution in [0.3, 0.4) is 0 Å². The molecule has 9 nitrogen and oxygen atoms in total. The number of non-ortho nitro benzene ring substituents is 1. The Balaban J connectivity index is 1.90. The van der Waals surface area contributed by atoms with E-state index in [1.165, 1.54) is 35.0 Å². The van der Waals surface area contributed by atoms with Gasteiger partial charge < -0.3 is 5.11 Å². The van der Waals surface area contributed by atoms with E-state index in [1.54, 1.807) is 23.6 Å². The van der Waals surface area contributed by atoms with E-state index >= 15 is 0 Å². The molecule has 0 unspecified atom stereocenters. The van der Waals surface area contributed by atoms with E-state index < -0.39 is 28.4 Å². The number of aliphatic hydroxyl groups is 1. The van der Waals surface area contributed by atoms with Crippen LogP contribution < -0.4 is 4.90 Å². The van der Waals surface area contributed by atoms with Crippen molar-refractivity contribution in [1.82, 2.24) is 10.2 Å². The van der Waals surface area contributed by atoms with E-state index in [0.717, 1.165) is 16.2 Å². The highest BCUT2D eigenvalue weighted by Gasteiger charge is 2.46. The van der Waals surface area contributed by atoms with Crippen LogP contribution in [0.25, 0.3) is 0 Å². The molecule has 2 aromatic heterocycles. The van der Waals surface area contributed by atoms with Gasteiger partial charge in [-0.3, -0.25) is 24.6 Å². The number of anilines is 1. The fourth-order valence-corrected chi connectivity index (χ4v) is 4.23. The molecule has 3 heterocycles. The summed E-state index contributed by atoms with van der Waals surface area (Å²) < 4.78 is 0. The standard InChI is InChI=1S/C17H10N4O5S2/c22-14(11-5-2-6-27-11)12-13(9-3-1-4-10(7-9)21(25)26)20(16(24)15(12)23)17-19-18-8-28-17/h1-8,13,23H/t13-/m1/s1. The van der Waals surface area contributed by atoms with Gasteiger partial charge in [-0.25, -0.2) is 0 Å². The molecule has 1 aromatic carbocycles. The first-order valence-corrected chi connectivity index (χ1v) is 9.60. The van der Waals surface area contributed by atoms with Gasteiger partial charge in [0.05, 0.1) is 21.4 Å². The van der Waals surface area contributed by atoms with Crippen LogP contribution in [0.4, 0.5) is 10.8 Å². The third-order valence-electron chi connectivity index (χ3n) is 4.15. The fourth-order valence-electron chi connectivity index (χ4n) is 2.97. The topological polar surface area (TPSA) is 127 Å². The third-order valence-corrected chi connectivity index (χ3v) is 5.71. The quantitative estimate of drug-likeness (QED) is 0.385. The number of nitro benzene ring substituents is 1. The number of benzene rings is 1. The lowest BCUT2D eigenvalue weighted by molar-refractivity contribution is -0.384. The highest BCUT2D eigenvalue weighted by molar-refractivity contribution is 7.13. The number of carbonyl (C=O) groups is 2. The second-order valence-electron chi connectivity index (χ2n) is 5.72. The molecule has 1 atom stereocenters. The van der Waals surface area contributed by atoms with E-state index in [0.29, 0.717) is 10.4 Å². The number of ketones is 1. The summed E-state index contributed by atoms with van der Waals surface area (Å²) in [7, 11) is 0. The molecule has 140 valence electrons. The Bertz CT molecular complexity index is 1110. The van der Waals surface area contributed by atoms with Gasteiger partial charge in [0.15, 0.2) is 5.76 Å². The summed E-state index contributed by atoms with van der Waals surface area (Å²) >= 11 is 2.22. The van der Waals surface area contributed by atoms with Crippen LogP contribution in [0.5, 0.6) is 0 Å². The molecule has 4 rings (SSSR count). The number of Topliss-reactive ketones (excluding diaryl/α,β-unsaturated/α-hetero) is 1. The van der Waals surface area contributed by atoms with Crippen molar-refractivity contribution < 1.29 is 19.6 Å². The molecule has 0 fully saturated rings. The fraction of sp³-hybridized carbons (Fsp3) is 0.0588. The van der Waals surface area contributed by atoms with Crippen molar-refractivity contribution in [3.8, 4) is 0 Å². The maximum absolute atomic E-state index is 13.0. The largest absolute Gasteiger partial charge is 0.503 e. The number of rotatable bonds is 5. The number of amides is 1. The first-order valence-electron chi connectivity index (χ1n) is 7.84. The molecule has 0 radical (unpaired) electrons. The van der Waals surface area contributed by atoms with Gasteiger partial charge >= 0.3 is 0 Å². The summed E-state index contributed by atoms with van der Waals surface area (Å²) in [4.78, 5) is 37.9. The van der Waals surface area contributed by atoms with Crippen LogP contribution in [0.15, 0.2) is 58.6 Å². The Morgan fingerprint density at radius 2 is 2.07 bits per heavy atom. The van der Waals surface area contributed by atoms with E-state index in [-0.39, 0.29) is 16.4 Å². The molecule has 0 saturated carbocycles. The Kier molecular flexibility index (Phi) is 4.45. The lowest BCUT2D eigenvalue weighted by Gasteiger charge is -2.23. The number of nitro groups is 1. The molecule has 0 spiro atoms. The minimum absolute atomic E-state index is 0.150.